The molecule has 5 rings (SSSR count). The normalized spacial score (nSPS) is 11.3. The van der Waals surface area contributed by atoms with Gasteiger partial charge in [-0.15, -0.1) is 0 Å². The molecule has 0 N–H and O–H groups in total. The first-order chi connectivity index (χ1) is 12.8. The highest BCUT2D eigenvalue weighted by Gasteiger charge is 2.12. The molecule has 0 amide bonds. The van der Waals surface area contributed by atoms with Crippen LogP contribution in [0, 0.1) is 0 Å². The molecule has 4 aromatic carbocycles. The Kier molecular flexibility index (Phi) is 3.65. The van der Waals surface area contributed by atoms with Crippen LogP contribution in [0.15, 0.2) is 99.9 Å². The molecule has 124 valence electrons. The Bertz CT molecular complexity index is 1250. The van der Waals surface area contributed by atoms with Gasteiger partial charge in [-0.05, 0) is 41.0 Å². The molecule has 1 aromatic heterocycles. The summed E-state index contributed by atoms with van der Waals surface area (Å²) in [7, 11) is 0. The van der Waals surface area contributed by atoms with E-state index in [0.29, 0.717) is 0 Å². The van der Waals surface area contributed by atoms with Crippen LogP contribution in [0.5, 0.6) is 0 Å². The maximum Gasteiger partial charge on any atom is 0.143 e. The van der Waals surface area contributed by atoms with Crippen LogP contribution in [-0.2, 0) is 0 Å². The van der Waals surface area contributed by atoms with Gasteiger partial charge in [0.15, 0.2) is 0 Å². The van der Waals surface area contributed by atoms with Crippen LogP contribution in [-0.4, -0.2) is 0 Å². The number of furan rings is 1. The average Bonchev–Trinajstić information content (AvgIpc) is 3.07. The van der Waals surface area contributed by atoms with Gasteiger partial charge in [0.2, 0.25) is 0 Å². The highest BCUT2D eigenvalue weighted by atomic mass is 79.9. The largest absolute Gasteiger partial charge is 0.455 e. The van der Waals surface area contributed by atoms with Crippen LogP contribution in [0.4, 0.5) is 0 Å². The smallest absolute Gasteiger partial charge is 0.143 e. The zero-order valence-electron chi connectivity index (χ0n) is 13.9. The number of halogens is 1. The Morgan fingerprint density at radius 1 is 0.577 bits per heavy atom. The molecule has 0 aliphatic heterocycles. The van der Waals surface area contributed by atoms with Crippen LogP contribution in [0.1, 0.15) is 0 Å². The minimum Gasteiger partial charge on any atom is -0.455 e. The van der Waals surface area contributed by atoms with E-state index >= 15 is 0 Å². The van der Waals surface area contributed by atoms with Crippen LogP contribution in [0.3, 0.4) is 0 Å². The van der Waals surface area contributed by atoms with E-state index in [1.165, 1.54) is 11.1 Å². The van der Waals surface area contributed by atoms with Gasteiger partial charge in [0.1, 0.15) is 11.2 Å². The third-order valence-electron chi connectivity index (χ3n) is 4.74. The molecule has 0 radical (unpaired) electrons. The molecule has 0 bridgehead atoms. The second-order valence-electron chi connectivity index (χ2n) is 6.37. The fourth-order valence-electron chi connectivity index (χ4n) is 3.51. The molecule has 0 spiro atoms. The molecule has 0 unspecified atom stereocenters. The molecule has 2 heteroatoms. The van der Waals surface area contributed by atoms with Crippen molar-refractivity contribution in [2.75, 3.05) is 0 Å². The van der Waals surface area contributed by atoms with Crippen LogP contribution >= 0.6 is 15.9 Å². The molecular formula is C24H15BrO. The van der Waals surface area contributed by atoms with E-state index in [1.807, 2.05) is 18.2 Å². The maximum absolute atomic E-state index is 6.20. The lowest BCUT2D eigenvalue weighted by atomic mass is 9.98. The predicted molar refractivity (Wildman–Crippen MR) is 112 cm³/mol. The highest BCUT2D eigenvalue weighted by molar-refractivity contribution is 9.10. The molecule has 0 aliphatic carbocycles. The Balaban J connectivity index is 1.72. The summed E-state index contributed by atoms with van der Waals surface area (Å²) in [4.78, 5) is 0. The first kappa shape index (κ1) is 15.4. The van der Waals surface area contributed by atoms with Gasteiger partial charge in [-0.2, -0.15) is 0 Å². The van der Waals surface area contributed by atoms with Gasteiger partial charge >= 0.3 is 0 Å². The van der Waals surface area contributed by atoms with Gasteiger partial charge in [-0.25, -0.2) is 0 Å². The monoisotopic (exact) mass is 398 g/mol. The lowest BCUT2D eigenvalue weighted by Gasteiger charge is -2.07. The lowest BCUT2D eigenvalue weighted by molar-refractivity contribution is 0.670. The van der Waals surface area contributed by atoms with E-state index in [1.54, 1.807) is 0 Å². The fourth-order valence-corrected chi connectivity index (χ4v) is 3.91. The number of fused-ring (bicyclic) bond motifs is 3. The average molecular weight is 399 g/mol. The second-order valence-corrected chi connectivity index (χ2v) is 7.29. The van der Waals surface area contributed by atoms with Crippen LogP contribution < -0.4 is 0 Å². The molecule has 0 saturated heterocycles. The summed E-state index contributed by atoms with van der Waals surface area (Å²) in [6.07, 6.45) is 0. The summed E-state index contributed by atoms with van der Waals surface area (Å²) in [5, 5.41) is 2.32. The van der Waals surface area contributed by atoms with Gasteiger partial charge in [-0.1, -0.05) is 82.7 Å². The summed E-state index contributed by atoms with van der Waals surface area (Å²) in [6.45, 7) is 0. The van der Waals surface area contributed by atoms with Crippen LogP contribution in [0.2, 0.25) is 0 Å². The minimum absolute atomic E-state index is 0.929. The van der Waals surface area contributed by atoms with Crippen molar-refractivity contribution in [1.29, 1.82) is 0 Å². The summed E-state index contributed by atoms with van der Waals surface area (Å²) < 4.78 is 7.28. The molecule has 0 saturated carbocycles. The van der Waals surface area contributed by atoms with E-state index < -0.39 is 0 Å². The minimum atomic E-state index is 0.929. The van der Waals surface area contributed by atoms with Gasteiger partial charge in [-0.3, -0.25) is 0 Å². The van der Waals surface area contributed by atoms with Crippen molar-refractivity contribution >= 4 is 37.9 Å². The Morgan fingerprint density at radius 3 is 2.15 bits per heavy atom. The van der Waals surface area contributed by atoms with Gasteiger partial charge < -0.3 is 4.42 Å². The summed E-state index contributed by atoms with van der Waals surface area (Å²) in [5.41, 5.74) is 6.54. The molecular weight excluding hydrogens is 384 g/mol. The first-order valence-corrected chi connectivity index (χ1v) is 9.35. The van der Waals surface area contributed by atoms with E-state index in [2.05, 4.69) is 88.7 Å². The van der Waals surface area contributed by atoms with Crippen molar-refractivity contribution in [2.45, 2.75) is 0 Å². The standard InChI is InChI=1S/C24H15BrO/c25-19-9-4-7-17(15-19)16-6-3-8-18(14-16)20-11-5-12-22-21-10-1-2-13-23(21)26-24(20)22/h1-15H. The van der Waals surface area contributed by atoms with Gasteiger partial charge in [0.25, 0.3) is 0 Å². The second kappa shape index (κ2) is 6.15. The molecule has 0 fully saturated rings. The third kappa shape index (κ3) is 2.54. The molecule has 0 aliphatic rings. The van der Waals surface area contributed by atoms with Crippen molar-refractivity contribution < 1.29 is 4.42 Å². The molecule has 1 heterocycles. The molecule has 5 aromatic rings. The molecule has 1 nitrogen and oxygen atoms in total. The molecule has 0 atom stereocenters. The zero-order valence-corrected chi connectivity index (χ0v) is 15.5. The van der Waals surface area contributed by atoms with E-state index in [9.17, 15) is 0 Å². The summed E-state index contributed by atoms with van der Waals surface area (Å²) >= 11 is 3.56. The number of benzene rings is 4. The number of para-hydroxylation sites is 2. The Hall–Kier alpha value is -2.84. The van der Waals surface area contributed by atoms with Crippen molar-refractivity contribution in [3.8, 4) is 22.3 Å². The van der Waals surface area contributed by atoms with Crippen molar-refractivity contribution in [3.05, 3.63) is 95.5 Å². The fraction of sp³-hybridized carbons (Fsp3) is 0. The quantitative estimate of drug-likeness (QED) is 0.297. The topological polar surface area (TPSA) is 13.1 Å². The molecule has 26 heavy (non-hydrogen) atoms. The zero-order chi connectivity index (χ0) is 17.5. The van der Waals surface area contributed by atoms with E-state index in [4.69, 9.17) is 4.42 Å². The number of hydrogen-bond acceptors (Lipinski definition) is 1. The van der Waals surface area contributed by atoms with Crippen LogP contribution in [0.25, 0.3) is 44.2 Å². The number of rotatable bonds is 2. The van der Waals surface area contributed by atoms with Gasteiger partial charge in [0, 0.05) is 20.8 Å². The summed E-state index contributed by atoms with van der Waals surface area (Å²) in [6, 6.07) is 31.6. The SMILES string of the molecule is Brc1cccc(-c2cccc(-c3cccc4c3oc3ccccc34)c2)c1. The Labute approximate surface area is 160 Å². The van der Waals surface area contributed by atoms with E-state index in [-0.39, 0.29) is 0 Å². The Morgan fingerprint density at radius 2 is 1.27 bits per heavy atom. The highest BCUT2D eigenvalue weighted by Crippen LogP contribution is 2.36. The van der Waals surface area contributed by atoms with E-state index in [0.717, 1.165) is 37.5 Å². The maximum atomic E-state index is 6.20. The summed E-state index contributed by atoms with van der Waals surface area (Å²) in [5.74, 6) is 0. The first-order valence-electron chi connectivity index (χ1n) is 8.56. The van der Waals surface area contributed by atoms with Crippen molar-refractivity contribution in [1.82, 2.24) is 0 Å². The lowest BCUT2D eigenvalue weighted by Crippen LogP contribution is -1.82. The third-order valence-corrected chi connectivity index (χ3v) is 5.23. The van der Waals surface area contributed by atoms with Crippen molar-refractivity contribution in [2.24, 2.45) is 0 Å². The number of hydrogen-bond donors (Lipinski definition) is 0. The van der Waals surface area contributed by atoms with Crippen molar-refractivity contribution in [3.63, 3.8) is 0 Å². The predicted octanol–water partition coefficient (Wildman–Crippen LogP) is 7.68. The van der Waals surface area contributed by atoms with Gasteiger partial charge in [0.05, 0.1) is 0 Å².